The maximum Gasteiger partial charge on any atom is 0.435 e. The van der Waals surface area contributed by atoms with Gasteiger partial charge in [-0.05, 0) is 11.6 Å². The first-order valence-electron chi connectivity index (χ1n) is 8.19. The summed E-state index contributed by atoms with van der Waals surface area (Å²) in [7, 11) is 0. The van der Waals surface area contributed by atoms with Crippen LogP contribution in [0, 0.1) is 0 Å². The molecular formula is C18H18F3N3O2. The van der Waals surface area contributed by atoms with Crippen molar-refractivity contribution in [3.05, 3.63) is 58.9 Å². The number of nitrogens with one attached hydrogen (secondary N) is 1. The van der Waals surface area contributed by atoms with Gasteiger partial charge in [-0.15, -0.1) is 0 Å². The first-order valence-corrected chi connectivity index (χ1v) is 8.19. The van der Waals surface area contributed by atoms with E-state index in [1.165, 1.54) is 10.8 Å². The monoisotopic (exact) mass is 365 g/mol. The number of hydrogen-bond donors (Lipinski definition) is 1. The quantitative estimate of drug-likeness (QED) is 0.829. The highest BCUT2D eigenvalue weighted by Crippen LogP contribution is 2.34. The molecule has 1 aliphatic heterocycles. The SMILES string of the molecule is O=C(C=Cc1ccccc1)NCCn1nc(C(F)(F)F)c2c1CCOC2. The Hall–Kier alpha value is -2.61. The molecule has 5 nitrogen and oxygen atoms in total. The number of aromatic nitrogens is 2. The summed E-state index contributed by atoms with van der Waals surface area (Å²) in [5.74, 6) is -0.311. The van der Waals surface area contributed by atoms with E-state index in [-0.39, 0.29) is 31.2 Å². The first-order chi connectivity index (χ1) is 12.4. The highest BCUT2D eigenvalue weighted by Gasteiger charge is 2.39. The lowest BCUT2D eigenvalue weighted by Gasteiger charge is -2.15. The molecule has 1 N–H and O–H groups in total. The Bertz CT molecular complexity index is 798. The molecule has 1 aliphatic rings. The van der Waals surface area contributed by atoms with Crippen LogP contribution >= 0.6 is 0 Å². The van der Waals surface area contributed by atoms with Gasteiger partial charge in [0, 0.05) is 30.3 Å². The number of carbonyl (C=O) groups excluding carboxylic acids is 1. The molecule has 0 saturated carbocycles. The molecule has 0 aliphatic carbocycles. The lowest BCUT2D eigenvalue weighted by Crippen LogP contribution is -2.27. The van der Waals surface area contributed by atoms with Crippen molar-refractivity contribution in [1.29, 1.82) is 0 Å². The summed E-state index contributed by atoms with van der Waals surface area (Å²) in [6.45, 7) is 0.631. The molecule has 138 valence electrons. The van der Waals surface area contributed by atoms with E-state index in [0.717, 1.165) is 5.56 Å². The van der Waals surface area contributed by atoms with E-state index >= 15 is 0 Å². The van der Waals surface area contributed by atoms with Crippen LogP contribution in [0.1, 0.15) is 22.5 Å². The summed E-state index contributed by atoms with van der Waals surface area (Å²) in [4.78, 5) is 11.8. The average Bonchev–Trinajstić information content (AvgIpc) is 3.00. The zero-order valence-electron chi connectivity index (χ0n) is 13.9. The van der Waals surface area contributed by atoms with Crippen LogP contribution in [-0.4, -0.2) is 28.8 Å². The first kappa shape index (κ1) is 18.2. The largest absolute Gasteiger partial charge is 0.435 e. The van der Waals surface area contributed by atoms with Gasteiger partial charge in [0.15, 0.2) is 5.69 Å². The van der Waals surface area contributed by atoms with Gasteiger partial charge in [0.2, 0.25) is 5.91 Å². The molecule has 26 heavy (non-hydrogen) atoms. The Morgan fingerprint density at radius 1 is 1.31 bits per heavy atom. The van der Waals surface area contributed by atoms with Gasteiger partial charge in [-0.25, -0.2) is 0 Å². The minimum atomic E-state index is -4.52. The second kappa shape index (κ2) is 7.74. The van der Waals surface area contributed by atoms with Gasteiger partial charge in [0.05, 0.1) is 19.8 Å². The number of ether oxygens (including phenoxy) is 1. The summed E-state index contributed by atoms with van der Waals surface area (Å²) in [6.07, 6.45) is -1.08. The molecule has 3 rings (SSSR count). The van der Waals surface area contributed by atoms with Crippen LogP contribution in [0.3, 0.4) is 0 Å². The van der Waals surface area contributed by atoms with Gasteiger partial charge in [0.25, 0.3) is 0 Å². The molecule has 1 aromatic heterocycles. The lowest BCUT2D eigenvalue weighted by molar-refractivity contribution is -0.142. The smallest absolute Gasteiger partial charge is 0.376 e. The molecule has 0 bridgehead atoms. The fourth-order valence-corrected chi connectivity index (χ4v) is 2.80. The van der Waals surface area contributed by atoms with Gasteiger partial charge in [-0.1, -0.05) is 30.3 Å². The predicted molar refractivity (Wildman–Crippen MR) is 89.1 cm³/mol. The third-order valence-corrected chi connectivity index (χ3v) is 4.01. The second-order valence-corrected chi connectivity index (χ2v) is 5.83. The van der Waals surface area contributed by atoms with Crippen molar-refractivity contribution in [2.45, 2.75) is 25.7 Å². The van der Waals surface area contributed by atoms with Crippen LogP contribution in [-0.2, 0) is 35.3 Å². The zero-order valence-corrected chi connectivity index (χ0v) is 13.9. The molecule has 1 amide bonds. The number of carbonyl (C=O) groups is 1. The number of nitrogens with zero attached hydrogens (tertiary/aromatic N) is 2. The van der Waals surface area contributed by atoms with Crippen LogP contribution < -0.4 is 5.32 Å². The van der Waals surface area contributed by atoms with Crippen molar-refractivity contribution in [3.8, 4) is 0 Å². The van der Waals surface area contributed by atoms with Gasteiger partial charge in [0.1, 0.15) is 0 Å². The average molecular weight is 365 g/mol. The Morgan fingerprint density at radius 3 is 2.81 bits per heavy atom. The standard InChI is InChI=1S/C18H18F3N3O2/c19-18(20,21)17-14-12-26-11-8-15(14)24(23-17)10-9-22-16(25)7-6-13-4-2-1-3-5-13/h1-7H,8-12H2,(H,22,25). The number of halogens is 3. The normalized spacial score (nSPS) is 14.4. The third-order valence-electron chi connectivity index (χ3n) is 4.01. The summed E-state index contributed by atoms with van der Waals surface area (Å²) in [6, 6.07) is 9.32. The number of benzene rings is 1. The van der Waals surface area contributed by atoms with Crippen LogP contribution in [0.2, 0.25) is 0 Å². The van der Waals surface area contributed by atoms with E-state index in [9.17, 15) is 18.0 Å². The molecule has 0 spiro atoms. The van der Waals surface area contributed by atoms with E-state index in [1.807, 2.05) is 30.3 Å². The second-order valence-electron chi connectivity index (χ2n) is 5.83. The minimum absolute atomic E-state index is 0.0870. The molecule has 0 fully saturated rings. The zero-order chi connectivity index (χ0) is 18.6. The third kappa shape index (κ3) is 4.32. The number of rotatable bonds is 5. The summed E-state index contributed by atoms with van der Waals surface area (Å²) in [5, 5.41) is 6.35. The van der Waals surface area contributed by atoms with E-state index in [4.69, 9.17) is 4.74 Å². The Morgan fingerprint density at radius 2 is 2.08 bits per heavy atom. The molecule has 8 heteroatoms. The Kier molecular flexibility index (Phi) is 5.41. The predicted octanol–water partition coefficient (Wildman–Crippen LogP) is 2.80. The van der Waals surface area contributed by atoms with Crippen molar-refractivity contribution in [2.24, 2.45) is 0 Å². The van der Waals surface area contributed by atoms with Crippen LogP contribution in [0.25, 0.3) is 6.08 Å². The molecule has 2 heterocycles. The van der Waals surface area contributed by atoms with Gasteiger partial charge < -0.3 is 10.1 Å². The molecular weight excluding hydrogens is 347 g/mol. The highest BCUT2D eigenvalue weighted by molar-refractivity contribution is 5.91. The van der Waals surface area contributed by atoms with Crippen molar-refractivity contribution in [3.63, 3.8) is 0 Å². The van der Waals surface area contributed by atoms with Crippen molar-refractivity contribution in [1.82, 2.24) is 15.1 Å². The molecule has 0 radical (unpaired) electrons. The van der Waals surface area contributed by atoms with Crippen molar-refractivity contribution >= 4 is 12.0 Å². The van der Waals surface area contributed by atoms with Crippen molar-refractivity contribution < 1.29 is 22.7 Å². The Balaban J connectivity index is 1.60. The van der Waals surface area contributed by atoms with Crippen molar-refractivity contribution in [2.75, 3.05) is 13.2 Å². The van der Waals surface area contributed by atoms with Gasteiger partial charge >= 0.3 is 6.18 Å². The van der Waals surface area contributed by atoms with E-state index in [0.29, 0.717) is 18.7 Å². The molecule has 0 unspecified atom stereocenters. The fraction of sp³-hybridized carbons (Fsp3) is 0.333. The molecule has 0 saturated heterocycles. The maximum absolute atomic E-state index is 13.1. The van der Waals surface area contributed by atoms with Crippen LogP contribution in [0.15, 0.2) is 36.4 Å². The van der Waals surface area contributed by atoms with E-state index in [2.05, 4.69) is 10.4 Å². The molecule has 1 aromatic carbocycles. The number of amides is 1. The minimum Gasteiger partial charge on any atom is -0.376 e. The number of fused-ring (bicyclic) bond motifs is 1. The van der Waals surface area contributed by atoms with Crippen LogP contribution in [0.4, 0.5) is 13.2 Å². The van der Waals surface area contributed by atoms with Gasteiger partial charge in [-0.2, -0.15) is 18.3 Å². The van der Waals surface area contributed by atoms with E-state index < -0.39 is 11.9 Å². The Labute approximate surface area is 148 Å². The maximum atomic E-state index is 13.1. The summed E-state index contributed by atoms with van der Waals surface area (Å²) < 4.78 is 45.7. The topological polar surface area (TPSA) is 56.2 Å². The number of hydrogen-bond acceptors (Lipinski definition) is 3. The molecule has 0 atom stereocenters. The summed E-state index contributed by atoms with van der Waals surface area (Å²) in [5.41, 5.74) is 0.609. The van der Waals surface area contributed by atoms with Crippen LogP contribution in [0.5, 0.6) is 0 Å². The van der Waals surface area contributed by atoms with Gasteiger partial charge in [-0.3, -0.25) is 9.48 Å². The highest BCUT2D eigenvalue weighted by atomic mass is 19.4. The molecule has 2 aromatic rings. The summed E-state index contributed by atoms with van der Waals surface area (Å²) >= 11 is 0. The fourth-order valence-electron chi connectivity index (χ4n) is 2.80. The lowest BCUT2D eigenvalue weighted by atomic mass is 10.1. The number of alkyl halides is 3. The van der Waals surface area contributed by atoms with E-state index in [1.54, 1.807) is 6.08 Å².